The summed E-state index contributed by atoms with van der Waals surface area (Å²) in [4.78, 5) is 78.0. The molecule has 0 fully saturated rings. The molecule has 14 N–H and O–H groups in total. The number of aliphatic hydroxyl groups is 2. The average molecular weight is 706 g/mol. The van der Waals surface area contributed by atoms with Crippen molar-refractivity contribution in [2.75, 3.05) is 0 Å². The van der Waals surface area contributed by atoms with E-state index in [4.69, 9.17) is 39.1 Å². The summed E-state index contributed by atoms with van der Waals surface area (Å²) in [5, 5.41) is 12.3. The molecular weight excluding hydrogens is 678 g/mol. The van der Waals surface area contributed by atoms with Crippen LogP contribution in [0.25, 0.3) is 0 Å². The molecule has 2 aromatic heterocycles. The second-order valence-corrected chi connectivity index (χ2v) is 14.8. The standard InChI is InChI=1S/2C6H12N2O7P2.2H2O.Tc/c2*9-6(16(10,11)12,17(13,14)15)1-3-8-4-2-7-5-8;;;/h2*2,4-5,9H,1,3H2,(H2,10,11,12)(H2,13,14,15);2*1H2;. The van der Waals surface area contributed by atoms with Gasteiger partial charge in [-0.05, 0) is 0 Å². The SMILES string of the molecule is O.O.O=P(O)(O)C(O)(CCn1ccnc1)P(=O)(O)O.O=P(O)(O)C(O)(CCn1ccnc1)P(=O)(O)O.[Tc]. The van der Waals surface area contributed by atoms with Crippen LogP contribution in [0.1, 0.15) is 12.8 Å². The number of aromatic nitrogens is 4. The summed E-state index contributed by atoms with van der Waals surface area (Å²) in [7, 11) is -21.5. The number of nitrogens with zero attached hydrogens (tertiary/aromatic N) is 4. The Morgan fingerprint density at radius 3 is 1.00 bits per heavy atom. The molecule has 37 heavy (non-hydrogen) atoms. The van der Waals surface area contributed by atoms with E-state index in [2.05, 4.69) is 9.97 Å². The zero-order chi connectivity index (χ0) is 26.6. The van der Waals surface area contributed by atoms with Crippen molar-refractivity contribution in [3.63, 3.8) is 0 Å². The van der Waals surface area contributed by atoms with Crippen molar-refractivity contribution in [1.29, 1.82) is 0 Å². The second kappa shape index (κ2) is 14.8. The number of hydrogen-bond acceptors (Lipinski definition) is 8. The van der Waals surface area contributed by atoms with Crippen LogP contribution < -0.4 is 0 Å². The van der Waals surface area contributed by atoms with E-state index in [-0.39, 0.29) is 44.1 Å². The van der Waals surface area contributed by atoms with Crippen LogP contribution in [0, 0.1) is 0 Å². The predicted molar refractivity (Wildman–Crippen MR) is 119 cm³/mol. The van der Waals surface area contributed by atoms with E-state index in [0.717, 1.165) is 0 Å². The summed E-state index contributed by atoms with van der Waals surface area (Å²) in [6.07, 6.45) is 6.62. The molecule has 25 heteroatoms. The van der Waals surface area contributed by atoms with Crippen molar-refractivity contribution in [1.82, 2.24) is 19.1 Å². The fraction of sp³-hybridized carbons (Fsp3) is 0.500. The maximum atomic E-state index is 11.0. The normalized spacial score (nSPS) is 12.8. The Bertz CT molecular complexity index is 975. The second-order valence-electron chi connectivity index (χ2n) is 6.83. The molecular formula is C12H28N4O16P4Tc. The summed E-state index contributed by atoms with van der Waals surface area (Å²) in [5.41, 5.74) is 0. The number of rotatable bonds is 10. The molecule has 0 saturated carbocycles. The zero-order valence-electron chi connectivity index (χ0n) is 18.4. The molecule has 0 saturated heterocycles. The molecule has 0 amide bonds. The molecule has 0 bridgehead atoms. The maximum Gasteiger partial charge on any atom is 0.369 e. The Kier molecular flexibility index (Phi) is 16.4. The van der Waals surface area contributed by atoms with Crippen molar-refractivity contribution < 1.29 is 98.7 Å². The number of hydrogen-bond donors (Lipinski definition) is 10. The van der Waals surface area contributed by atoms with E-state index in [0.29, 0.717) is 0 Å². The Morgan fingerprint density at radius 1 is 0.595 bits per heavy atom. The van der Waals surface area contributed by atoms with Gasteiger partial charge in [0.05, 0.1) is 12.7 Å². The van der Waals surface area contributed by atoms with E-state index in [1.54, 1.807) is 0 Å². The van der Waals surface area contributed by atoms with Crippen molar-refractivity contribution in [3.8, 4) is 0 Å². The summed E-state index contributed by atoms with van der Waals surface area (Å²) in [6, 6.07) is 0. The van der Waals surface area contributed by atoms with Crippen LogP contribution in [-0.2, 0) is 51.5 Å². The molecule has 1 radical (unpaired) electrons. The molecule has 0 aliphatic heterocycles. The molecule has 0 aliphatic carbocycles. The van der Waals surface area contributed by atoms with Crippen LogP contribution in [0.5, 0.6) is 0 Å². The third-order valence-corrected chi connectivity index (χ3v) is 12.1. The minimum atomic E-state index is -5.37. The van der Waals surface area contributed by atoms with E-state index in [9.17, 15) is 28.5 Å². The number of aryl methyl sites for hydroxylation is 2. The summed E-state index contributed by atoms with van der Waals surface area (Å²) < 4.78 is 46.6. The maximum absolute atomic E-state index is 11.0. The van der Waals surface area contributed by atoms with Crippen molar-refractivity contribution in [3.05, 3.63) is 37.4 Å². The average Bonchev–Trinajstić information content (AvgIpc) is 3.34. The molecule has 0 unspecified atom stereocenters. The third-order valence-electron chi connectivity index (χ3n) is 4.40. The Morgan fingerprint density at radius 2 is 0.838 bits per heavy atom. The molecule has 2 aromatic rings. The van der Waals surface area contributed by atoms with Gasteiger partial charge in [0.25, 0.3) is 10.2 Å². The molecule has 2 rings (SSSR count). The fourth-order valence-electron chi connectivity index (χ4n) is 2.32. The Labute approximate surface area is 221 Å². The van der Waals surface area contributed by atoms with Crippen LogP contribution in [0.15, 0.2) is 37.4 Å². The molecule has 0 aliphatic rings. The largest absolute Gasteiger partial charge is 0.412 e. The van der Waals surface area contributed by atoms with Crippen LogP contribution >= 0.6 is 30.4 Å². The smallest absolute Gasteiger partial charge is 0.369 e. The van der Waals surface area contributed by atoms with Gasteiger partial charge < -0.3 is 69.4 Å². The molecule has 0 atom stereocenters. The van der Waals surface area contributed by atoms with Gasteiger partial charge in [-0.1, -0.05) is 0 Å². The first-order chi connectivity index (χ1) is 15.2. The van der Waals surface area contributed by atoms with Crippen molar-refractivity contribution >= 4 is 30.4 Å². The molecule has 2 heterocycles. The van der Waals surface area contributed by atoms with Gasteiger partial charge in [0.15, 0.2) is 0 Å². The monoisotopic (exact) mass is 705 g/mol. The number of imidazole rings is 2. The van der Waals surface area contributed by atoms with Crippen LogP contribution in [0.3, 0.4) is 0 Å². The van der Waals surface area contributed by atoms with E-state index in [1.807, 2.05) is 0 Å². The van der Waals surface area contributed by atoms with E-state index < -0.39 is 53.4 Å². The van der Waals surface area contributed by atoms with Crippen LogP contribution in [0.4, 0.5) is 0 Å². The van der Waals surface area contributed by atoms with Crippen molar-refractivity contribution in [2.24, 2.45) is 0 Å². The van der Waals surface area contributed by atoms with Gasteiger partial charge in [-0.3, -0.25) is 18.3 Å². The first-order valence-electron chi connectivity index (χ1n) is 8.74. The predicted octanol–water partition coefficient (Wildman–Crippen LogP) is -3.10. The van der Waals surface area contributed by atoms with Gasteiger partial charge in [0, 0.05) is 70.8 Å². The van der Waals surface area contributed by atoms with Gasteiger partial charge in [-0.2, -0.15) is 0 Å². The summed E-state index contributed by atoms with van der Waals surface area (Å²) in [5.74, 6) is 0. The van der Waals surface area contributed by atoms with Gasteiger partial charge >= 0.3 is 30.4 Å². The first kappa shape index (κ1) is 41.0. The summed E-state index contributed by atoms with van der Waals surface area (Å²) in [6.45, 7) is -0.376. The molecule has 20 nitrogen and oxygen atoms in total. The van der Waals surface area contributed by atoms with Crippen molar-refractivity contribution in [2.45, 2.75) is 36.1 Å². The van der Waals surface area contributed by atoms with E-state index >= 15 is 0 Å². The minimum Gasteiger partial charge on any atom is -0.412 e. The van der Waals surface area contributed by atoms with E-state index in [1.165, 1.54) is 46.6 Å². The van der Waals surface area contributed by atoms with Gasteiger partial charge in [-0.15, -0.1) is 0 Å². The van der Waals surface area contributed by atoms with Crippen LogP contribution in [-0.4, -0.2) is 89.6 Å². The molecule has 0 spiro atoms. The van der Waals surface area contributed by atoms with Crippen LogP contribution in [0.2, 0.25) is 0 Å². The van der Waals surface area contributed by atoms with Gasteiger partial charge in [-0.25, -0.2) is 9.97 Å². The quantitative estimate of drug-likeness (QED) is 0.109. The minimum absolute atomic E-state index is 0. The Balaban J connectivity index is -0.000000578. The molecule has 219 valence electrons. The Hall–Kier alpha value is -0.491. The third kappa shape index (κ3) is 10.5. The summed E-state index contributed by atoms with van der Waals surface area (Å²) >= 11 is 0. The van der Waals surface area contributed by atoms with Gasteiger partial charge in [0.2, 0.25) is 0 Å². The first-order valence-corrected chi connectivity index (χ1v) is 15.2. The fourth-order valence-corrected chi connectivity index (χ4v) is 6.60. The topological polar surface area (TPSA) is 369 Å². The molecule has 0 aromatic carbocycles. The van der Waals surface area contributed by atoms with Gasteiger partial charge in [0.1, 0.15) is 0 Å². The zero-order valence-corrected chi connectivity index (χ0v) is 23.8.